The molecule has 0 bridgehead atoms. The van der Waals surface area contributed by atoms with Crippen LogP contribution < -0.4 is 17.4 Å². The first-order chi connectivity index (χ1) is 21.2. The minimum absolute atomic E-state index is 0.187. The van der Waals surface area contributed by atoms with Gasteiger partial charge >= 0.3 is 0 Å². The highest BCUT2D eigenvalue weighted by Gasteiger charge is 2.24. The molecule has 3 rings (SSSR count). The van der Waals surface area contributed by atoms with E-state index >= 15 is 0 Å². The molecule has 44 heavy (non-hydrogen) atoms. The lowest BCUT2D eigenvalue weighted by atomic mass is 10.1. The number of thioether (sulfide) groups is 1. The van der Waals surface area contributed by atoms with Gasteiger partial charge in [-0.05, 0) is 56.3 Å². The second-order valence-corrected chi connectivity index (χ2v) is 12.1. The van der Waals surface area contributed by atoms with E-state index in [-0.39, 0.29) is 11.9 Å². The maximum Gasteiger partial charge on any atom is 0.152 e. The summed E-state index contributed by atoms with van der Waals surface area (Å²) >= 11 is 1.76. The number of hydrogen-bond acceptors (Lipinski definition) is 10. The van der Waals surface area contributed by atoms with Crippen molar-refractivity contribution in [3.05, 3.63) is 77.2 Å². The van der Waals surface area contributed by atoms with Gasteiger partial charge in [0.15, 0.2) is 5.84 Å². The van der Waals surface area contributed by atoms with E-state index in [1.54, 1.807) is 28.9 Å². The fourth-order valence-corrected chi connectivity index (χ4v) is 6.00. The number of hydrazine groups is 1. The van der Waals surface area contributed by atoms with Crippen LogP contribution in [0.15, 0.2) is 75.9 Å². The maximum absolute atomic E-state index is 13.2. The van der Waals surface area contributed by atoms with E-state index in [9.17, 15) is 4.39 Å². The summed E-state index contributed by atoms with van der Waals surface area (Å²) in [4.78, 5) is 13.8. The molecular weight excluding hydrogens is 575 g/mol. The summed E-state index contributed by atoms with van der Waals surface area (Å²) in [5.74, 6) is 15.0. The van der Waals surface area contributed by atoms with E-state index in [0.29, 0.717) is 18.1 Å². The van der Waals surface area contributed by atoms with E-state index < -0.39 is 0 Å². The van der Waals surface area contributed by atoms with E-state index in [0.717, 1.165) is 80.8 Å². The number of halogens is 1. The number of nitrogens with zero attached hydrogens (tertiary/aromatic N) is 7. The lowest BCUT2D eigenvalue weighted by molar-refractivity contribution is 0.172. The lowest BCUT2D eigenvalue weighted by Crippen LogP contribution is -2.53. The van der Waals surface area contributed by atoms with Gasteiger partial charge in [0.2, 0.25) is 0 Å². The fourth-order valence-electron chi connectivity index (χ4n) is 5.20. The number of nitrogens with two attached hydrogens (primary N) is 3. The minimum atomic E-state index is -0.267. The Bertz CT molecular complexity index is 1220. The topological polar surface area (TPSA) is 119 Å². The maximum atomic E-state index is 13.2. The summed E-state index contributed by atoms with van der Waals surface area (Å²) < 4.78 is 13.2. The van der Waals surface area contributed by atoms with Crippen molar-refractivity contribution in [1.82, 2.24) is 24.6 Å². The highest BCUT2D eigenvalue weighted by atomic mass is 32.2. The van der Waals surface area contributed by atoms with Gasteiger partial charge in [-0.15, -0.1) is 11.8 Å². The van der Waals surface area contributed by atoms with Crippen LogP contribution in [-0.4, -0.2) is 108 Å². The van der Waals surface area contributed by atoms with Gasteiger partial charge in [0.25, 0.3) is 0 Å². The molecule has 1 unspecified atom stereocenters. The molecule has 0 radical (unpaired) electrons. The molecule has 2 heterocycles. The molecule has 0 amide bonds. The average Bonchev–Trinajstić information content (AvgIpc) is 3.30. The third-order valence-electron chi connectivity index (χ3n) is 8.08. The Kier molecular flexibility index (Phi) is 14.1. The third kappa shape index (κ3) is 9.76. The molecule has 2 aliphatic rings. The molecule has 2 aliphatic heterocycles. The Hall–Kier alpha value is -3.48. The number of allylic oxidation sites excluding steroid dienone is 2. The zero-order chi connectivity index (χ0) is 32.1. The van der Waals surface area contributed by atoms with Gasteiger partial charge in [0.05, 0.1) is 18.1 Å². The predicted molar refractivity (Wildman–Crippen MR) is 185 cm³/mol. The molecule has 0 aromatic heterocycles. The molecule has 1 fully saturated rings. The summed E-state index contributed by atoms with van der Waals surface area (Å²) in [6, 6.07) is 6.44. The number of hydrazone groups is 1. The monoisotopic (exact) mass is 626 g/mol. The summed E-state index contributed by atoms with van der Waals surface area (Å²) in [7, 11) is 2.09. The number of rotatable bonds is 14. The van der Waals surface area contributed by atoms with Crippen molar-refractivity contribution in [3.8, 4) is 0 Å². The van der Waals surface area contributed by atoms with Gasteiger partial charge in [-0.25, -0.2) is 10.2 Å². The summed E-state index contributed by atoms with van der Waals surface area (Å²) in [6.07, 6.45) is 10.5. The SMILES string of the molecule is C=N/C(CC)=C(/N(C)CSC/C=C(\N)c1ccc(F)cc1)N1CC=CC(N2CCN(C/C(=N/N)N(N)C(C)CC)CC2)=CC1. The molecule has 6 N–H and O–H groups in total. The number of amidine groups is 1. The van der Waals surface area contributed by atoms with Crippen molar-refractivity contribution in [2.45, 2.75) is 39.7 Å². The third-order valence-corrected chi connectivity index (χ3v) is 9.05. The van der Waals surface area contributed by atoms with Crippen LogP contribution in [-0.2, 0) is 0 Å². The lowest BCUT2D eigenvalue weighted by Gasteiger charge is -2.38. The molecule has 1 aromatic carbocycles. The number of aliphatic imine (C=N–C) groups is 1. The highest BCUT2D eigenvalue weighted by Crippen LogP contribution is 2.23. The Morgan fingerprint density at radius 1 is 1.16 bits per heavy atom. The van der Waals surface area contributed by atoms with Crippen molar-refractivity contribution < 1.29 is 4.39 Å². The first-order valence-corrected chi connectivity index (χ1v) is 16.5. The molecule has 1 aromatic rings. The Morgan fingerprint density at radius 2 is 1.86 bits per heavy atom. The Labute approximate surface area is 267 Å². The van der Waals surface area contributed by atoms with Crippen LogP contribution in [0.25, 0.3) is 5.70 Å². The molecule has 12 heteroatoms. The number of benzene rings is 1. The van der Waals surface area contributed by atoms with Crippen LogP contribution in [0.5, 0.6) is 0 Å². The van der Waals surface area contributed by atoms with Crippen LogP contribution in [0.1, 0.15) is 39.2 Å². The van der Waals surface area contributed by atoms with Gasteiger partial charge in [-0.1, -0.05) is 38.1 Å². The van der Waals surface area contributed by atoms with Gasteiger partial charge < -0.3 is 26.3 Å². The van der Waals surface area contributed by atoms with Crippen LogP contribution in [0.3, 0.4) is 0 Å². The molecule has 10 nitrogen and oxygen atoms in total. The predicted octanol–water partition coefficient (Wildman–Crippen LogP) is 3.65. The van der Waals surface area contributed by atoms with Crippen molar-refractivity contribution in [2.24, 2.45) is 27.5 Å². The van der Waals surface area contributed by atoms with Gasteiger partial charge in [0.1, 0.15) is 11.6 Å². The molecular formula is C32H51FN10S. The average molecular weight is 627 g/mol. The van der Waals surface area contributed by atoms with Crippen molar-refractivity contribution >= 4 is 30.0 Å². The van der Waals surface area contributed by atoms with Gasteiger partial charge in [-0.2, -0.15) is 5.10 Å². The molecule has 0 spiro atoms. The Morgan fingerprint density at radius 3 is 2.48 bits per heavy atom. The normalized spacial score (nSPS) is 18.0. The van der Waals surface area contributed by atoms with E-state index in [2.05, 4.69) is 82.5 Å². The summed E-state index contributed by atoms with van der Waals surface area (Å²) in [5, 5.41) is 5.67. The molecule has 1 atom stereocenters. The molecule has 1 saturated heterocycles. The number of piperazine rings is 1. The Balaban J connectivity index is 1.59. The van der Waals surface area contributed by atoms with Crippen LogP contribution >= 0.6 is 11.8 Å². The van der Waals surface area contributed by atoms with E-state index in [4.69, 9.17) is 17.4 Å². The van der Waals surface area contributed by atoms with E-state index in [1.807, 2.05) is 6.08 Å². The fraction of sp³-hybridized carbons (Fsp3) is 0.500. The van der Waals surface area contributed by atoms with Crippen molar-refractivity contribution in [2.75, 3.05) is 64.5 Å². The van der Waals surface area contributed by atoms with Crippen molar-refractivity contribution in [3.63, 3.8) is 0 Å². The van der Waals surface area contributed by atoms with Gasteiger partial charge in [-0.3, -0.25) is 14.9 Å². The van der Waals surface area contributed by atoms with Crippen LogP contribution in [0, 0.1) is 5.82 Å². The molecule has 0 aliphatic carbocycles. The zero-order valence-corrected chi connectivity index (χ0v) is 27.6. The largest absolute Gasteiger partial charge is 0.398 e. The van der Waals surface area contributed by atoms with Crippen LogP contribution in [0.4, 0.5) is 4.39 Å². The van der Waals surface area contributed by atoms with E-state index in [1.165, 1.54) is 17.8 Å². The zero-order valence-electron chi connectivity index (χ0n) is 26.8. The first-order valence-electron chi connectivity index (χ1n) is 15.3. The molecule has 0 saturated carbocycles. The van der Waals surface area contributed by atoms with Crippen molar-refractivity contribution in [1.29, 1.82) is 0 Å². The summed E-state index contributed by atoms with van der Waals surface area (Å²) in [5.41, 5.74) is 9.90. The smallest absolute Gasteiger partial charge is 0.152 e. The minimum Gasteiger partial charge on any atom is -0.398 e. The van der Waals surface area contributed by atoms with Crippen LogP contribution in [0.2, 0.25) is 0 Å². The second kappa shape index (κ2) is 17.7. The second-order valence-electron chi connectivity index (χ2n) is 11.1. The summed E-state index contributed by atoms with van der Waals surface area (Å²) in [6.45, 7) is 16.0. The highest BCUT2D eigenvalue weighted by molar-refractivity contribution is 7.99. The number of hydrogen-bond donors (Lipinski definition) is 3. The standard InChI is InChI=1S/C32H51FN10S/c1-6-25(3)43(36)31(38-35)23-40-18-20-41(21-19-40)28-9-8-16-42(17-14-28)32(30(7-2)37-4)39(5)24-44-22-15-29(34)26-10-12-27(33)13-11-26/h8-15,25H,4,6-7,16-24,34-36H2,1-3,5H3/b29-15-,32-30-,38-31-. The molecule has 242 valence electrons. The first kappa shape index (κ1) is 35.0. The quantitative estimate of drug-likeness (QED) is 0.0710. The van der Waals surface area contributed by atoms with Gasteiger partial charge in [0, 0.05) is 69.5 Å².